The number of amides is 2. The normalized spacial score (nSPS) is 19.0. The van der Waals surface area contributed by atoms with E-state index in [-0.39, 0.29) is 29.6 Å². The van der Waals surface area contributed by atoms with Gasteiger partial charge in [-0.3, -0.25) is 14.5 Å². The molecule has 0 spiro atoms. The zero-order valence-corrected chi connectivity index (χ0v) is 19.1. The lowest BCUT2D eigenvalue weighted by molar-refractivity contribution is -0.126. The first kappa shape index (κ1) is 22.5. The van der Waals surface area contributed by atoms with E-state index in [0.29, 0.717) is 37.3 Å². The number of carbonyl (C=O) groups excluding carboxylic acids is 2. The number of sulfonamides is 1. The SMILES string of the molecule is CCC(=O)N1c2ccc(S(=O)(=O)N3CCCCC3)cc2C[C@H]1C(=O)NCCc1ccco1. The summed E-state index contributed by atoms with van der Waals surface area (Å²) in [7, 11) is -3.58. The summed E-state index contributed by atoms with van der Waals surface area (Å²) >= 11 is 0. The number of furan rings is 1. The van der Waals surface area contributed by atoms with Gasteiger partial charge in [-0.15, -0.1) is 0 Å². The van der Waals surface area contributed by atoms with Crippen molar-refractivity contribution in [2.24, 2.45) is 0 Å². The van der Waals surface area contributed by atoms with Gasteiger partial charge in [-0.1, -0.05) is 13.3 Å². The molecule has 1 atom stereocenters. The molecule has 2 aliphatic heterocycles. The molecule has 0 aliphatic carbocycles. The fourth-order valence-electron chi connectivity index (χ4n) is 4.41. The number of rotatable bonds is 7. The number of benzene rings is 1. The van der Waals surface area contributed by atoms with Crippen molar-refractivity contribution in [3.63, 3.8) is 0 Å². The van der Waals surface area contributed by atoms with Crippen molar-refractivity contribution < 1.29 is 22.4 Å². The summed E-state index contributed by atoms with van der Waals surface area (Å²) in [6.07, 6.45) is 5.45. The predicted molar refractivity (Wildman–Crippen MR) is 120 cm³/mol. The van der Waals surface area contributed by atoms with E-state index in [2.05, 4.69) is 5.32 Å². The van der Waals surface area contributed by atoms with Gasteiger partial charge in [0.2, 0.25) is 21.8 Å². The average molecular weight is 460 g/mol. The molecule has 0 bridgehead atoms. The summed E-state index contributed by atoms with van der Waals surface area (Å²) in [6, 6.07) is 7.79. The van der Waals surface area contributed by atoms with Crippen LogP contribution in [0.5, 0.6) is 0 Å². The van der Waals surface area contributed by atoms with Gasteiger partial charge < -0.3 is 9.73 Å². The lowest BCUT2D eigenvalue weighted by atomic mass is 10.1. The monoisotopic (exact) mass is 459 g/mol. The van der Waals surface area contributed by atoms with Gasteiger partial charge in [0.25, 0.3) is 0 Å². The highest BCUT2D eigenvalue weighted by Gasteiger charge is 2.38. The van der Waals surface area contributed by atoms with Crippen molar-refractivity contribution in [2.75, 3.05) is 24.5 Å². The van der Waals surface area contributed by atoms with Crippen LogP contribution in [-0.2, 0) is 32.5 Å². The molecule has 172 valence electrons. The fourth-order valence-corrected chi connectivity index (χ4v) is 5.98. The highest BCUT2D eigenvalue weighted by atomic mass is 32.2. The predicted octanol–water partition coefficient (Wildman–Crippen LogP) is 2.48. The van der Waals surface area contributed by atoms with Crippen molar-refractivity contribution in [2.45, 2.75) is 56.4 Å². The summed E-state index contributed by atoms with van der Waals surface area (Å²) in [5, 5.41) is 2.88. The van der Waals surface area contributed by atoms with Crippen molar-refractivity contribution >= 4 is 27.5 Å². The average Bonchev–Trinajstić information content (AvgIpc) is 3.46. The Bertz CT molecular complexity index is 1080. The molecule has 1 saturated heterocycles. The molecular weight excluding hydrogens is 430 g/mol. The van der Waals surface area contributed by atoms with Crippen molar-refractivity contribution in [3.8, 4) is 0 Å². The van der Waals surface area contributed by atoms with E-state index in [0.717, 1.165) is 25.0 Å². The molecule has 1 fully saturated rings. The Kier molecular flexibility index (Phi) is 6.66. The Balaban J connectivity index is 1.53. The molecule has 9 heteroatoms. The first-order valence-corrected chi connectivity index (χ1v) is 12.6. The van der Waals surface area contributed by atoms with Gasteiger partial charge in [0, 0.05) is 44.6 Å². The van der Waals surface area contributed by atoms with Gasteiger partial charge in [-0.05, 0) is 48.7 Å². The molecule has 2 aromatic rings. The number of fused-ring (bicyclic) bond motifs is 1. The van der Waals surface area contributed by atoms with E-state index in [9.17, 15) is 18.0 Å². The lowest BCUT2D eigenvalue weighted by Gasteiger charge is -2.26. The maximum Gasteiger partial charge on any atom is 0.243 e. The minimum atomic E-state index is -3.58. The number of anilines is 1. The van der Waals surface area contributed by atoms with E-state index in [1.165, 1.54) is 9.21 Å². The highest BCUT2D eigenvalue weighted by Crippen LogP contribution is 2.35. The number of hydrogen-bond acceptors (Lipinski definition) is 5. The van der Waals surface area contributed by atoms with Crippen molar-refractivity contribution in [3.05, 3.63) is 47.9 Å². The minimum Gasteiger partial charge on any atom is -0.469 e. The van der Waals surface area contributed by atoms with Crippen LogP contribution in [0, 0.1) is 0 Å². The second-order valence-corrected chi connectivity index (χ2v) is 10.2. The largest absolute Gasteiger partial charge is 0.469 e. The molecule has 1 aromatic heterocycles. The molecule has 0 saturated carbocycles. The third kappa shape index (κ3) is 4.45. The zero-order valence-electron chi connectivity index (χ0n) is 18.2. The van der Waals surface area contributed by atoms with Gasteiger partial charge in [-0.25, -0.2) is 8.42 Å². The standard InChI is InChI=1S/C23H29N3O5S/c1-2-22(27)26-20-9-8-19(32(29,30)25-12-4-3-5-13-25)15-17(20)16-21(26)23(28)24-11-10-18-7-6-14-31-18/h6-9,14-15,21H,2-5,10-13,16H2,1H3,(H,24,28)/t21-/m0/s1. The van der Waals surface area contributed by atoms with Gasteiger partial charge in [0.15, 0.2) is 0 Å². The molecular formula is C23H29N3O5S. The number of piperidine rings is 1. The Hall–Kier alpha value is -2.65. The summed E-state index contributed by atoms with van der Waals surface area (Å²) in [6.45, 7) is 3.20. The Morgan fingerprint density at radius 3 is 2.62 bits per heavy atom. The molecule has 32 heavy (non-hydrogen) atoms. The first-order valence-electron chi connectivity index (χ1n) is 11.2. The van der Waals surface area contributed by atoms with Gasteiger partial charge in [0.1, 0.15) is 11.8 Å². The summed E-state index contributed by atoms with van der Waals surface area (Å²) in [5.74, 6) is 0.352. The van der Waals surface area contributed by atoms with Crippen LogP contribution >= 0.6 is 0 Å². The maximum atomic E-state index is 13.1. The van der Waals surface area contributed by atoms with E-state index in [1.807, 2.05) is 6.07 Å². The molecule has 1 aromatic carbocycles. The quantitative estimate of drug-likeness (QED) is 0.686. The second kappa shape index (κ2) is 9.46. The van der Waals surface area contributed by atoms with Crippen molar-refractivity contribution in [1.29, 1.82) is 0 Å². The lowest BCUT2D eigenvalue weighted by Crippen LogP contribution is -2.48. The molecule has 2 aliphatic rings. The van der Waals surface area contributed by atoms with Crippen LogP contribution in [0.25, 0.3) is 0 Å². The molecule has 1 N–H and O–H groups in total. The Labute approximate surface area is 188 Å². The molecule has 0 unspecified atom stereocenters. The van der Waals surface area contributed by atoms with E-state index >= 15 is 0 Å². The third-order valence-corrected chi connectivity index (χ3v) is 8.01. The third-order valence-electron chi connectivity index (χ3n) is 6.11. The van der Waals surface area contributed by atoms with Crippen LogP contribution in [0.2, 0.25) is 0 Å². The minimum absolute atomic E-state index is 0.165. The van der Waals surface area contributed by atoms with Gasteiger partial charge >= 0.3 is 0 Å². The second-order valence-electron chi connectivity index (χ2n) is 8.21. The first-order chi connectivity index (χ1) is 15.4. The van der Waals surface area contributed by atoms with E-state index in [4.69, 9.17) is 4.42 Å². The van der Waals surface area contributed by atoms with Crippen LogP contribution < -0.4 is 10.2 Å². The van der Waals surface area contributed by atoms with Crippen molar-refractivity contribution in [1.82, 2.24) is 9.62 Å². The van der Waals surface area contributed by atoms with Crippen LogP contribution in [0.15, 0.2) is 45.9 Å². The molecule has 4 rings (SSSR count). The van der Waals surface area contributed by atoms with Gasteiger partial charge in [0.05, 0.1) is 11.2 Å². The number of carbonyl (C=O) groups is 2. The molecule has 3 heterocycles. The van der Waals surface area contributed by atoms with E-state index < -0.39 is 16.1 Å². The van der Waals surface area contributed by atoms with Crippen LogP contribution in [-0.4, -0.2) is 50.2 Å². The van der Waals surface area contributed by atoms with Gasteiger partial charge in [-0.2, -0.15) is 4.31 Å². The summed E-state index contributed by atoms with van der Waals surface area (Å²) in [4.78, 5) is 27.4. The Morgan fingerprint density at radius 2 is 1.94 bits per heavy atom. The number of nitrogens with zero attached hydrogens (tertiary/aromatic N) is 2. The summed E-state index contributed by atoms with van der Waals surface area (Å²) < 4.78 is 33.0. The molecule has 2 amide bonds. The molecule has 8 nitrogen and oxygen atoms in total. The summed E-state index contributed by atoms with van der Waals surface area (Å²) in [5.41, 5.74) is 1.32. The van der Waals surface area contributed by atoms with E-state index in [1.54, 1.807) is 37.5 Å². The number of hydrogen-bond donors (Lipinski definition) is 1. The maximum absolute atomic E-state index is 13.1. The Morgan fingerprint density at radius 1 is 1.16 bits per heavy atom. The topological polar surface area (TPSA) is 99.9 Å². The number of nitrogens with one attached hydrogen (secondary N) is 1. The van der Waals surface area contributed by atoms with Crippen LogP contribution in [0.3, 0.4) is 0 Å². The molecule has 0 radical (unpaired) electrons. The smallest absolute Gasteiger partial charge is 0.243 e. The fraction of sp³-hybridized carbons (Fsp3) is 0.478. The van der Waals surface area contributed by atoms with Crippen LogP contribution in [0.1, 0.15) is 43.9 Å². The zero-order chi connectivity index (χ0) is 22.7. The highest BCUT2D eigenvalue weighted by molar-refractivity contribution is 7.89. The van der Waals surface area contributed by atoms with Crippen LogP contribution in [0.4, 0.5) is 5.69 Å².